The Bertz CT molecular complexity index is 118. The van der Waals surface area contributed by atoms with E-state index in [0.717, 1.165) is 0 Å². The molecule has 1 atom stereocenters. The molecule has 4 nitrogen and oxygen atoms in total. The third-order valence-corrected chi connectivity index (χ3v) is 0.624. The zero-order valence-electron chi connectivity index (χ0n) is 4.42. The maximum atomic E-state index is 10.1. The van der Waals surface area contributed by atoms with Crippen molar-refractivity contribution in [2.24, 2.45) is 5.73 Å². The molecule has 0 radical (unpaired) electrons. The van der Waals surface area contributed by atoms with Crippen molar-refractivity contribution < 1.29 is 14.7 Å². The van der Waals surface area contributed by atoms with Crippen molar-refractivity contribution in [3.63, 3.8) is 0 Å². The van der Waals surface area contributed by atoms with Crippen LogP contribution in [-0.4, -0.2) is 22.9 Å². The van der Waals surface area contributed by atoms with Gasteiger partial charge >= 0.3 is 5.97 Å². The molecule has 0 aromatic carbocycles. The first kappa shape index (κ1) is 7.10. The maximum absolute atomic E-state index is 10.1. The molecule has 46 valence electrons. The number of carboxylic acids is 1. The summed E-state index contributed by atoms with van der Waals surface area (Å²) in [5.74, 6) is -2.43. The van der Waals surface area contributed by atoms with E-state index in [-0.39, 0.29) is 0 Å². The summed E-state index contributed by atoms with van der Waals surface area (Å²) in [6.45, 7) is 1.33. The highest BCUT2D eigenvalue weighted by molar-refractivity contribution is 6.34. The average Bonchev–Trinajstić information content (AvgIpc) is 1.64. The van der Waals surface area contributed by atoms with Gasteiger partial charge in [0.1, 0.15) is 0 Å². The summed E-state index contributed by atoms with van der Waals surface area (Å²) in [4.78, 5) is 19.8. The first-order chi connectivity index (χ1) is 3.55. The standard InChI is InChI=1S/C4H7NO3/c1-2(5)3(6)4(7)8/h2H,5H2,1H3,(H,7,8). The van der Waals surface area contributed by atoms with Crippen LogP contribution in [0.5, 0.6) is 0 Å². The Hall–Kier alpha value is -0.900. The Morgan fingerprint density at radius 1 is 1.62 bits per heavy atom. The molecule has 0 fully saturated rings. The van der Waals surface area contributed by atoms with Crippen LogP contribution < -0.4 is 5.73 Å². The number of hydrogen-bond donors (Lipinski definition) is 2. The Labute approximate surface area is 46.3 Å². The molecule has 0 bridgehead atoms. The number of carbonyl (C=O) groups is 2. The van der Waals surface area contributed by atoms with Gasteiger partial charge in [0.2, 0.25) is 0 Å². The van der Waals surface area contributed by atoms with E-state index < -0.39 is 17.8 Å². The van der Waals surface area contributed by atoms with Crippen LogP contribution in [0.1, 0.15) is 6.92 Å². The van der Waals surface area contributed by atoms with Crippen molar-refractivity contribution in [1.82, 2.24) is 0 Å². The van der Waals surface area contributed by atoms with Gasteiger partial charge in [0.05, 0.1) is 6.04 Å². The van der Waals surface area contributed by atoms with Crippen LogP contribution in [0.2, 0.25) is 0 Å². The summed E-state index contributed by atoms with van der Waals surface area (Å²) in [5, 5.41) is 7.92. The van der Waals surface area contributed by atoms with Gasteiger partial charge in [0, 0.05) is 0 Å². The predicted octanol–water partition coefficient (Wildman–Crippen LogP) is -1.01. The van der Waals surface area contributed by atoms with Gasteiger partial charge in [-0.05, 0) is 6.92 Å². The monoisotopic (exact) mass is 117 g/mol. The number of rotatable bonds is 2. The minimum Gasteiger partial charge on any atom is -0.475 e. The summed E-state index contributed by atoms with van der Waals surface area (Å²) in [5.41, 5.74) is 4.91. The third kappa shape index (κ3) is 1.70. The Morgan fingerprint density at radius 2 is 2.00 bits per heavy atom. The normalized spacial score (nSPS) is 12.8. The van der Waals surface area contributed by atoms with Crippen LogP contribution in [0.25, 0.3) is 0 Å². The van der Waals surface area contributed by atoms with Crippen molar-refractivity contribution in [2.75, 3.05) is 0 Å². The fourth-order valence-electron chi connectivity index (χ4n) is 0.195. The quantitative estimate of drug-likeness (QED) is 0.454. The molecule has 3 N–H and O–H groups in total. The molecule has 0 aliphatic rings. The average molecular weight is 117 g/mol. The topological polar surface area (TPSA) is 80.4 Å². The lowest BCUT2D eigenvalue weighted by Gasteiger charge is -1.94. The molecule has 0 heterocycles. The van der Waals surface area contributed by atoms with Gasteiger partial charge in [-0.15, -0.1) is 0 Å². The number of ketones is 1. The van der Waals surface area contributed by atoms with Crippen molar-refractivity contribution in [1.29, 1.82) is 0 Å². The molecular weight excluding hydrogens is 110 g/mol. The van der Waals surface area contributed by atoms with E-state index in [4.69, 9.17) is 10.8 Å². The lowest BCUT2D eigenvalue weighted by Crippen LogP contribution is -2.32. The number of nitrogens with two attached hydrogens (primary N) is 1. The van der Waals surface area contributed by atoms with E-state index in [9.17, 15) is 9.59 Å². The predicted molar refractivity (Wildman–Crippen MR) is 26.3 cm³/mol. The molecule has 8 heavy (non-hydrogen) atoms. The van der Waals surface area contributed by atoms with Crippen LogP contribution in [0.4, 0.5) is 0 Å². The third-order valence-electron chi connectivity index (χ3n) is 0.624. The molecule has 0 amide bonds. The van der Waals surface area contributed by atoms with Gasteiger partial charge in [-0.25, -0.2) is 4.79 Å². The molecular formula is C4H7NO3. The molecule has 0 rings (SSSR count). The van der Waals surface area contributed by atoms with E-state index in [0.29, 0.717) is 0 Å². The van der Waals surface area contributed by atoms with Crippen molar-refractivity contribution in [3.8, 4) is 0 Å². The fourth-order valence-corrected chi connectivity index (χ4v) is 0.195. The number of carbonyl (C=O) groups excluding carboxylic acids is 1. The highest BCUT2D eigenvalue weighted by Gasteiger charge is 2.14. The van der Waals surface area contributed by atoms with Crippen LogP contribution in [0, 0.1) is 0 Å². The van der Waals surface area contributed by atoms with Crippen LogP contribution in [0.3, 0.4) is 0 Å². The molecule has 1 unspecified atom stereocenters. The first-order valence-corrected chi connectivity index (χ1v) is 2.08. The van der Waals surface area contributed by atoms with E-state index in [1.807, 2.05) is 0 Å². The Kier molecular flexibility index (Phi) is 2.15. The zero-order valence-corrected chi connectivity index (χ0v) is 4.42. The summed E-state index contributed by atoms with van der Waals surface area (Å²) < 4.78 is 0. The molecule has 0 aromatic heterocycles. The fraction of sp³-hybridized carbons (Fsp3) is 0.500. The summed E-state index contributed by atoms with van der Waals surface area (Å²) in [6.07, 6.45) is 0. The largest absolute Gasteiger partial charge is 0.475 e. The van der Waals surface area contributed by atoms with Crippen molar-refractivity contribution in [3.05, 3.63) is 0 Å². The molecule has 0 saturated carbocycles. The summed E-state index contributed by atoms with van der Waals surface area (Å²) >= 11 is 0. The number of carboxylic acid groups (broad SMARTS) is 1. The maximum Gasteiger partial charge on any atom is 0.373 e. The minimum absolute atomic E-state index is 0.896. The zero-order chi connectivity index (χ0) is 6.73. The molecule has 0 aromatic rings. The highest BCUT2D eigenvalue weighted by Crippen LogP contribution is 1.77. The van der Waals surface area contributed by atoms with Crippen molar-refractivity contribution >= 4 is 11.8 Å². The highest BCUT2D eigenvalue weighted by atomic mass is 16.4. The summed E-state index contributed by atoms with van der Waals surface area (Å²) in [7, 11) is 0. The van der Waals surface area contributed by atoms with Crippen LogP contribution >= 0.6 is 0 Å². The molecule has 0 saturated heterocycles. The molecule has 0 aliphatic carbocycles. The smallest absolute Gasteiger partial charge is 0.373 e. The van der Waals surface area contributed by atoms with Gasteiger partial charge in [-0.3, -0.25) is 4.79 Å². The lowest BCUT2D eigenvalue weighted by molar-refractivity contribution is -0.149. The second-order valence-electron chi connectivity index (χ2n) is 1.46. The van der Waals surface area contributed by atoms with Gasteiger partial charge in [-0.2, -0.15) is 0 Å². The second-order valence-corrected chi connectivity index (χ2v) is 1.46. The number of aliphatic carboxylic acids is 1. The van der Waals surface area contributed by atoms with Gasteiger partial charge < -0.3 is 10.8 Å². The van der Waals surface area contributed by atoms with Gasteiger partial charge in [0.25, 0.3) is 5.78 Å². The van der Waals surface area contributed by atoms with Crippen LogP contribution in [0.15, 0.2) is 0 Å². The van der Waals surface area contributed by atoms with E-state index in [1.165, 1.54) is 6.92 Å². The Balaban J connectivity index is 3.84. The Morgan fingerprint density at radius 3 is 2.00 bits per heavy atom. The van der Waals surface area contributed by atoms with Gasteiger partial charge in [0.15, 0.2) is 0 Å². The van der Waals surface area contributed by atoms with E-state index >= 15 is 0 Å². The van der Waals surface area contributed by atoms with Crippen LogP contribution in [-0.2, 0) is 9.59 Å². The van der Waals surface area contributed by atoms with Crippen molar-refractivity contribution in [2.45, 2.75) is 13.0 Å². The first-order valence-electron chi connectivity index (χ1n) is 2.08. The SMILES string of the molecule is CC(N)C(=O)C(=O)O. The van der Waals surface area contributed by atoms with E-state index in [2.05, 4.69) is 0 Å². The number of hydrogen-bond acceptors (Lipinski definition) is 3. The second kappa shape index (κ2) is 2.42. The van der Waals surface area contributed by atoms with Gasteiger partial charge in [-0.1, -0.05) is 0 Å². The number of Topliss-reactive ketones (excluding diaryl/α,β-unsaturated/α-hetero) is 1. The van der Waals surface area contributed by atoms with E-state index in [1.54, 1.807) is 0 Å². The minimum atomic E-state index is -1.47. The molecule has 0 spiro atoms. The molecule has 4 heteroatoms. The summed E-state index contributed by atoms with van der Waals surface area (Å²) in [6, 6.07) is -0.896. The molecule has 0 aliphatic heterocycles. The lowest BCUT2D eigenvalue weighted by atomic mass is 10.2.